The molecule has 2 aromatic carbocycles. The summed E-state index contributed by atoms with van der Waals surface area (Å²) in [6.07, 6.45) is 1.78. The van der Waals surface area contributed by atoms with Gasteiger partial charge >= 0.3 is 0 Å². The van der Waals surface area contributed by atoms with Crippen LogP contribution in [0.1, 0.15) is 18.1 Å². The lowest BCUT2D eigenvalue weighted by molar-refractivity contribution is -0.124. The van der Waals surface area contributed by atoms with Crippen molar-refractivity contribution in [3.05, 3.63) is 76.3 Å². The van der Waals surface area contributed by atoms with Gasteiger partial charge in [-0.15, -0.1) is 0 Å². The first kappa shape index (κ1) is 17.8. The van der Waals surface area contributed by atoms with E-state index < -0.39 is 0 Å². The van der Waals surface area contributed by atoms with Crippen molar-refractivity contribution >= 4 is 29.5 Å². The predicted octanol–water partition coefficient (Wildman–Crippen LogP) is 3.18. The second-order valence-electron chi connectivity index (χ2n) is 5.32. The van der Waals surface area contributed by atoms with Crippen LogP contribution in [0.4, 0.5) is 0 Å². The van der Waals surface area contributed by atoms with E-state index in [-0.39, 0.29) is 18.4 Å². The zero-order valence-electron chi connectivity index (χ0n) is 13.4. The molecule has 0 radical (unpaired) electrons. The summed E-state index contributed by atoms with van der Waals surface area (Å²) in [6, 6.07) is 16.8. The zero-order valence-corrected chi connectivity index (χ0v) is 14.1. The van der Waals surface area contributed by atoms with Crippen LogP contribution in [0.3, 0.4) is 0 Å². The van der Waals surface area contributed by atoms with Crippen molar-refractivity contribution in [2.75, 3.05) is 6.54 Å². The highest BCUT2D eigenvalue weighted by molar-refractivity contribution is 6.30. The lowest BCUT2D eigenvalue weighted by Gasteiger charge is -2.07. The van der Waals surface area contributed by atoms with Crippen molar-refractivity contribution in [3.8, 4) is 0 Å². The summed E-state index contributed by atoms with van der Waals surface area (Å²) in [7, 11) is 0. The van der Waals surface area contributed by atoms with E-state index in [0.717, 1.165) is 11.1 Å². The number of halogens is 1. The third kappa shape index (κ3) is 5.89. The number of nitrogens with one attached hydrogen (secondary N) is 2. The fourth-order valence-corrected chi connectivity index (χ4v) is 2.16. The van der Waals surface area contributed by atoms with Crippen molar-refractivity contribution in [3.63, 3.8) is 0 Å². The number of amides is 2. The van der Waals surface area contributed by atoms with Gasteiger partial charge in [-0.1, -0.05) is 54.1 Å². The van der Waals surface area contributed by atoms with E-state index in [0.29, 0.717) is 17.1 Å². The number of carbonyl (C=O) groups excluding carboxylic acids is 2. The summed E-state index contributed by atoms with van der Waals surface area (Å²) in [4.78, 5) is 23.8. The third-order valence-electron chi connectivity index (χ3n) is 3.35. The molecular weight excluding hydrogens is 324 g/mol. The third-order valence-corrected chi connectivity index (χ3v) is 3.61. The number of hydrogen-bond donors (Lipinski definition) is 2. The highest BCUT2D eigenvalue weighted by Crippen LogP contribution is 2.09. The highest BCUT2D eigenvalue weighted by Gasteiger charge is 2.07. The van der Waals surface area contributed by atoms with Crippen LogP contribution in [-0.2, 0) is 16.1 Å². The molecule has 0 bridgehead atoms. The smallest absolute Gasteiger partial charge is 0.247 e. The number of carbonyl (C=O) groups is 2. The van der Waals surface area contributed by atoms with Gasteiger partial charge in [0.2, 0.25) is 11.8 Å². The monoisotopic (exact) mass is 342 g/mol. The van der Waals surface area contributed by atoms with Gasteiger partial charge in [0.25, 0.3) is 0 Å². The van der Waals surface area contributed by atoms with Crippen LogP contribution >= 0.6 is 11.6 Å². The molecule has 0 atom stereocenters. The van der Waals surface area contributed by atoms with Gasteiger partial charge in [-0.25, -0.2) is 0 Å². The molecule has 2 N–H and O–H groups in total. The largest absolute Gasteiger partial charge is 0.350 e. The molecule has 0 spiro atoms. The maximum absolute atomic E-state index is 12.0. The van der Waals surface area contributed by atoms with Crippen molar-refractivity contribution in [2.45, 2.75) is 13.5 Å². The van der Waals surface area contributed by atoms with E-state index >= 15 is 0 Å². The Morgan fingerprint density at radius 1 is 1.00 bits per heavy atom. The molecule has 0 aliphatic heterocycles. The van der Waals surface area contributed by atoms with Gasteiger partial charge in [-0.3, -0.25) is 9.59 Å². The lowest BCUT2D eigenvalue weighted by Crippen LogP contribution is -2.36. The predicted molar refractivity (Wildman–Crippen MR) is 96.4 cm³/mol. The van der Waals surface area contributed by atoms with E-state index in [1.807, 2.05) is 42.5 Å². The van der Waals surface area contributed by atoms with Gasteiger partial charge < -0.3 is 10.6 Å². The lowest BCUT2D eigenvalue weighted by atomic mass is 10.1. The quantitative estimate of drug-likeness (QED) is 0.792. The van der Waals surface area contributed by atoms with Gasteiger partial charge in [-0.05, 0) is 36.3 Å². The molecule has 2 aromatic rings. The van der Waals surface area contributed by atoms with E-state index in [4.69, 9.17) is 11.6 Å². The minimum Gasteiger partial charge on any atom is -0.350 e. The molecule has 0 heterocycles. The molecule has 24 heavy (non-hydrogen) atoms. The second kappa shape index (κ2) is 8.89. The van der Waals surface area contributed by atoms with E-state index in [1.165, 1.54) is 0 Å². The van der Waals surface area contributed by atoms with Crippen LogP contribution in [-0.4, -0.2) is 18.4 Å². The first-order valence-electron chi connectivity index (χ1n) is 7.57. The van der Waals surface area contributed by atoms with Gasteiger partial charge in [-0.2, -0.15) is 0 Å². The average Bonchev–Trinajstić information content (AvgIpc) is 2.60. The van der Waals surface area contributed by atoms with Crippen molar-refractivity contribution in [1.82, 2.24) is 10.6 Å². The Morgan fingerprint density at radius 2 is 1.67 bits per heavy atom. The molecule has 2 rings (SSSR count). The Balaban J connectivity index is 1.77. The molecule has 5 heteroatoms. The normalized spacial score (nSPS) is 11.0. The molecular formula is C19H19ClN2O2. The minimum atomic E-state index is -0.263. The number of rotatable bonds is 6. The maximum atomic E-state index is 12.0. The molecule has 4 nitrogen and oxygen atoms in total. The Hall–Kier alpha value is -2.59. The Kier molecular flexibility index (Phi) is 6.58. The van der Waals surface area contributed by atoms with Gasteiger partial charge in [0.1, 0.15) is 0 Å². The van der Waals surface area contributed by atoms with Gasteiger partial charge in [0, 0.05) is 17.1 Å². The fourth-order valence-electron chi connectivity index (χ4n) is 2.03. The Morgan fingerprint density at radius 3 is 2.33 bits per heavy atom. The summed E-state index contributed by atoms with van der Waals surface area (Å²) in [6.45, 7) is 2.05. The van der Waals surface area contributed by atoms with Crippen LogP contribution in [0.2, 0.25) is 5.02 Å². The van der Waals surface area contributed by atoms with Crippen LogP contribution in [0, 0.1) is 0 Å². The first-order valence-corrected chi connectivity index (χ1v) is 7.95. The highest BCUT2D eigenvalue weighted by atomic mass is 35.5. The zero-order chi connectivity index (χ0) is 17.4. The van der Waals surface area contributed by atoms with E-state index in [9.17, 15) is 9.59 Å². The Labute approximate surface area is 146 Å². The molecule has 0 aliphatic carbocycles. The number of hydrogen-bond acceptors (Lipinski definition) is 2. The average molecular weight is 343 g/mol. The first-order chi connectivity index (χ1) is 11.5. The van der Waals surface area contributed by atoms with Crippen molar-refractivity contribution < 1.29 is 9.59 Å². The van der Waals surface area contributed by atoms with Gasteiger partial charge in [0.15, 0.2) is 0 Å². The molecule has 0 saturated carbocycles. The molecule has 2 amide bonds. The van der Waals surface area contributed by atoms with Crippen molar-refractivity contribution in [1.29, 1.82) is 0 Å². The molecule has 0 aliphatic rings. The van der Waals surface area contributed by atoms with E-state index in [1.54, 1.807) is 25.1 Å². The summed E-state index contributed by atoms with van der Waals surface area (Å²) in [5.74, 6) is -0.508. The maximum Gasteiger partial charge on any atom is 0.247 e. The summed E-state index contributed by atoms with van der Waals surface area (Å²) >= 11 is 5.81. The summed E-state index contributed by atoms with van der Waals surface area (Å²) < 4.78 is 0. The molecule has 0 aromatic heterocycles. The van der Waals surface area contributed by atoms with Crippen molar-refractivity contribution in [2.24, 2.45) is 0 Å². The topological polar surface area (TPSA) is 58.2 Å². The minimum absolute atomic E-state index is 0.0631. The molecule has 124 valence electrons. The SMILES string of the molecule is C/C(=C\c1ccccc1)C(=O)NCC(=O)NCc1ccc(Cl)cc1. The van der Waals surface area contributed by atoms with Crippen LogP contribution in [0.25, 0.3) is 6.08 Å². The summed E-state index contributed by atoms with van der Waals surface area (Å²) in [5.41, 5.74) is 2.43. The van der Waals surface area contributed by atoms with E-state index in [2.05, 4.69) is 10.6 Å². The molecule has 0 fully saturated rings. The Bertz CT molecular complexity index is 725. The fraction of sp³-hybridized carbons (Fsp3) is 0.158. The number of benzene rings is 2. The summed E-state index contributed by atoms with van der Waals surface area (Å²) in [5, 5.41) is 6.00. The van der Waals surface area contributed by atoms with Gasteiger partial charge in [0.05, 0.1) is 6.54 Å². The standard InChI is InChI=1S/C19H19ClN2O2/c1-14(11-15-5-3-2-4-6-15)19(24)22-13-18(23)21-12-16-7-9-17(20)10-8-16/h2-11H,12-13H2,1H3,(H,21,23)(H,22,24)/b14-11+. The van der Waals surface area contributed by atoms with Crippen LogP contribution < -0.4 is 10.6 Å². The van der Waals surface area contributed by atoms with Crippen LogP contribution in [0.5, 0.6) is 0 Å². The molecule has 0 saturated heterocycles. The molecule has 0 unspecified atom stereocenters. The van der Waals surface area contributed by atoms with Crippen LogP contribution in [0.15, 0.2) is 60.2 Å². The second-order valence-corrected chi connectivity index (χ2v) is 5.76.